The number of aliphatic hydroxyl groups excluding tert-OH is 2. The van der Waals surface area contributed by atoms with E-state index in [-0.39, 0.29) is 23.5 Å². The van der Waals surface area contributed by atoms with Crippen molar-refractivity contribution in [3.05, 3.63) is 11.1 Å². The second-order valence-corrected chi connectivity index (χ2v) is 12.3. The van der Waals surface area contributed by atoms with Crippen LogP contribution in [0.25, 0.3) is 0 Å². The molecule has 166 valence electrons. The lowest BCUT2D eigenvalue weighted by Gasteiger charge is -2.58. The SMILES string of the molecule is CC(C)CCC[C@@H](C)[C@H]1CCC2=C3C[C@H](O)[C@H]4C[C@@H](O)CC[C@]4(C)[C@@H]3CC[C@@]21C. The van der Waals surface area contributed by atoms with E-state index in [1.54, 1.807) is 11.1 Å². The van der Waals surface area contributed by atoms with Crippen molar-refractivity contribution in [1.29, 1.82) is 0 Å². The first-order valence-electron chi connectivity index (χ1n) is 12.8. The Bertz CT molecular complexity index is 636. The number of aliphatic hydroxyl groups is 2. The van der Waals surface area contributed by atoms with Crippen molar-refractivity contribution in [2.24, 2.45) is 40.4 Å². The summed E-state index contributed by atoms with van der Waals surface area (Å²) in [4.78, 5) is 0. The number of hydrogen-bond donors (Lipinski definition) is 2. The van der Waals surface area contributed by atoms with Gasteiger partial charge >= 0.3 is 0 Å². The summed E-state index contributed by atoms with van der Waals surface area (Å²) in [5, 5.41) is 21.4. The third kappa shape index (κ3) is 3.65. The topological polar surface area (TPSA) is 40.5 Å². The van der Waals surface area contributed by atoms with E-state index in [4.69, 9.17) is 0 Å². The van der Waals surface area contributed by atoms with E-state index < -0.39 is 0 Å². The molecule has 0 saturated heterocycles. The van der Waals surface area contributed by atoms with Crippen LogP contribution in [0.4, 0.5) is 0 Å². The van der Waals surface area contributed by atoms with Gasteiger partial charge in [-0.2, -0.15) is 0 Å². The molecule has 2 heteroatoms. The molecular weight excluding hydrogens is 356 g/mol. The maximum absolute atomic E-state index is 11.1. The van der Waals surface area contributed by atoms with Gasteiger partial charge in [-0.1, -0.05) is 65.0 Å². The van der Waals surface area contributed by atoms with Crippen LogP contribution in [0.1, 0.15) is 105 Å². The molecule has 4 aliphatic rings. The van der Waals surface area contributed by atoms with Crippen LogP contribution in [0.3, 0.4) is 0 Å². The van der Waals surface area contributed by atoms with Crippen LogP contribution in [0.15, 0.2) is 11.1 Å². The van der Waals surface area contributed by atoms with Crippen molar-refractivity contribution in [2.75, 3.05) is 0 Å². The lowest BCUT2D eigenvalue weighted by molar-refractivity contribution is -0.0962. The van der Waals surface area contributed by atoms with Crippen LogP contribution in [-0.2, 0) is 0 Å². The smallest absolute Gasteiger partial charge is 0.0612 e. The molecule has 4 aliphatic carbocycles. The maximum Gasteiger partial charge on any atom is 0.0612 e. The summed E-state index contributed by atoms with van der Waals surface area (Å²) < 4.78 is 0. The lowest BCUT2D eigenvalue weighted by atomic mass is 9.48. The summed E-state index contributed by atoms with van der Waals surface area (Å²) in [6, 6.07) is 0. The van der Waals surface area contributed by atoms with Crippen LogP contribution < -0.4 is 0 Å². The molecule has 0 aromatic heterocycles. The van der Waals surface area contributed by atoms with Gasteiger partial charge in [0.25, 0.3) is 0 Å². The summed E-state index contributed by atoms with van der Waals surface area (Å²) in [5.74, 6) is 3.41. The Kier molecular flexibility index (Phi) is 6.01. The Morgan fingerprint density at radius 1 is 1.00 bits per heavy atom. The molecule has 0 spiro atoms. The van der Waals surface area contributed by atoms with Crippen LogP contribution >= 0.6 is 0 Å². The quantitative estimate of drug-likeness (QED) is 0.515. The zero-order valence-corrected chi connectivity index (χ0v) is 19.7. The van der Waals surface area contributed by atoms with Gasteiger partial charge in [0.2, 0.25) is 0 Å². The largest absolute Gasteiger partial charge is 0.393 e. The van der Waals surface area contributed by atoms with Gasteiger partial charge in [-0.05, 0) is 91.8 Å². The van der Waals surface area contributed by atoms with Crippen molar-refractivity contribution in [3.63, 3.8) is 0 Å². The maximum atomic E-state index is 11.1. The first-order valence-corrected chi connectivity index (χ1v) is 12.8. The van der Waals surface area contributed by atoms with E-state index in [1.165, 1.54) is 44.9 Å². The molecule has 3 saturated carbocycles. The average molecular weight is 403 g/mol. The molecule has 0 radical (unpaired) electrons. The van der Waals surface area contributed by atoms with Gasteiger partial charge < -0.3 is 10.2 Å². The molecule has 0 unspecified atom stereocenters. The van der Waals surface area contributed by atoms with Gasteiger partial charge in [-0.3, -0.25) is 0 Å². The summed E-state index contributed by atoms with van der Waals surface area (Å²) in [6.45, 7) is 12.2. The highest BCUT2D eigenvalue weighted by Crippen LogP contribution is 2.65. The predicted molar refractivity (Wildman–Crippen MR) is 121 cm³/mol. The molecule has 3 fully saturated rings. The molecular formula is C27H46O2. The molecule has 0 aliphatic heterocycles. The molecule has 0 bridgehead atoms. The summed E-state index contributed by atoms with van der Waals surface area (Å²) in [6.07, 6.45) is 12.7. The zero-order chi connectivity index (χ0) is 21.0. The first-order chi connectivity index (χ1) is 13.7. The van der Waals surface area contributed by atoms with E-state index in [2.05, 4.69) is 34.6 Å². The van der Waals surface area contributed by atoms with Gasteiger partial charge in [0.05, 0.1) is 12.2 Å². The fourth-order valence-electron chi connectivity index (χ4n) is 8.52. The van der Waals surface area contributed by atoms with E-state index in [0.29, 0.717) is 11.3 Å². The highest BCUT2D eigenvalue weighted by molar-refractivity contribution is 5.35. The van der Waals surface area contributed by atoms with Crippen molar-refractivity contribution < 1.29 is 10.2 Å². The number of rotatable bonds is 5. The Morgan fingerprint density at radius 2 is 1.76 bits per heavy atom. The third-order valence-electron chi connectivity index (χ3n) is 10.2. The highest BCUT2D eigenvalue weighted by atomic mass is 16.3. The van der Waals surface area contributed by atoms with Crippen LogP contribution in [0.2, 0.25) is 0 Å². The van der Waals surface area contributed by atoms with E-state index in [0.717, 1.165) is 43.4 Å². The number of fused-ring (bicyclic) bond motifs is 4. The van der Waals surface area contributed by atoms with E-state index in [1.807, 2.05) is 0 Å². The minimum absolute atomic E-state index is 0.196. The minimum atomic E-state index is -0.251. The Morgan fingerprint density at radius 3 is 2.48 bits per heavy atom. The van der Waals surface area contributed by atoms with Gasteiger partial charge in [-0.15, -0.1) is 0 Å². The summed E-state index contributed by atoms with van der Waals surface area (Å²) >= 11 is 0. The molecule has 0 aromatic carbocycles. The molecule has 0 heterocycles. The minimum Gasteiger partial charge on any atom is -0.393 e. The highest BCUT2D eigenvalue weighted by Gasteiger charge is 2.57. The van der Waals surface area contributed by atoms with E-state index >= 15 is 0 Å². The summed E-state index contributed by atoms with van der Waals surface area (Å²) in [7, 11) is 0. The molecule has 8 atom stereocenters. The third-order valence-corrected chi connectivity index (χ3v) is 10.2. The number of hydrogen-bond acceptors (Lipinski definition) is 2. The van der Waals surface area contributed by atoms with Crippen molar-refractivity contribution in [1.82, 2.24) is 0 Å². The van der Waals surface area contributed by atoms with E-state index in [9.17, 15) is 10.2 Å². The van der Waals surface area contributed by atoms with Crippen molar-refractivity contribution >= 4 is 0 Å². The fourth-order valence-corrected chi connectivity index (χ4v) is 8.52. The van der Waals surface area contributed by atoms with Gasteiger partial charge in [0.15, 0.2) is 0 Å². The number of allylic oxidation sites excluding steroid dienone is 1. The van der Waals surface area contributed by atoms with Gasteiger partial charge in [-0.25, -0.2) is 0 Å². The van der Waals surface area contributed by atoms with Gasteiger partial charge in [0.1, 0.15) is 0 Å². The average Bonchev–Trinajstić information content (AvgIpc) is 3.00. The van der Waals surface area contributed by atoms with Crippen molar-refractivity contribution in [2.45, 2.75) is 117 Å². The fraction of sp³-hybridized carbons (Fsp3) is 0.926. The molecule has 0 aromatic rings. The molecule has 29 heavy (non-hydrogen) atoms. The van der Waals surface area contributed by atoms with Crippen LogP contribution in [0, 0.1) is 40.4 Å². The zero-order valence-electron chi connectivity index (χ0n) is 19.7. The second-order valence-electron chi connectivity index (χ2n) is 12.3. The van der Waals surface area contributed by atoms with Crippen molar-refractivity contribution in [3.8, 4) is 0 Å². The second kappa shape index (κ2) is 7.97. The molecule has 2 nitrogen and oxygen atoms in total. The molecule has 4 rings (SSSR count). The molecule has 0 amide bonds. The van der Waals surface area contributed by atoms with Crippen LogP contribution in [-0.4, -0.2) is 22.4 Å². The predicted octanol–water partition coefficient (Wildman–Crippen LogP) is 6.50. The Balaban J connectivity index is 1.57. The lowest BCUT2D eigenvalue weighted by Crippen LogP contribution is -2.53. The normalized spacial score (nSPS) is 45.7. The van der Waals surface area contributed by atoms with Gasteiger partial charge in [0, 0.05) is 0 Å². The molecule has 2 N–H and O–H groups in total. The Hall–Kier alpha value is -0.340. The standard InChI is InChI=1S/C27H46O2/c1-17(2)7-6-8-18(3)21-9-10-22-20-16-25(29)24-15-19(28)11-13-27(24,5)23(20)12-14-26(21,22)4/h17-19,21,23-25,28-29H,6-16H2,1-5H3/t18-,19+,21-,23-,24-,25+,26-,27-/m1/s1. The first kappa shape index (κ1) is 21.9. The summed E-state index contributed by atoms with van der Waals surface area (Å²) in [5.41, 5.74) is 4.00. The van der Waals surface area contributed by atoms with Crippen LogP contribution in [0.5, 0.6) is 0 Å². The monoisotopic (exact) mass is 402 g/mol. The Labute approximate surface area is 179 Å².